The van der Waals surface area contributed by atoms with E-state index in [0.29, 0.717) is 12.5 Å². The zero-order valence-electron chi connectivity index (χ0n) is 6.57. The predicted octanol–water partition coefficient (Wildman–Crippen LogP) is 1.73. The average molecular weight is 145 g/mol. The maximum Gasteiger partial charge on any atom is 0.115 e. The van der Waals surface area contributed by atoms with Crippen LogP contribution >= 0.6 is 0 Å². The third-order valence-electron chi connectivity index (χ3n) is 2.31. The maximum absolute atomic E-state index is 13.0. The van der Waals surface area contributed by atoms with E-state index in [1.165, 1.54) is 12.8 Å². The van der Waals surface area contributed by atoms with E-state index in [1.807, 2.05) is 7.05 Å². The van der Waals surface area contributed by atoms with Crippen LogP contribution in [0.25, 0.3) is 0 Å². The Morgan fingerprint density at radius 1 is 1.50 bits per heavy atom. The fraction of sp³-hybridized carbons (Fsp3) is 1.00. The molecule has 0 saturated heterocycles. The van der Waals surface area contributed by atoms with Crippen molar-refractivity contribution in [2.75, 3.05) is 13.6 Å². The Bertz CT molecular complexity index is 89.3. The Balaban J connectivity index is 2.18. The molecule has 0 radical (unpaired) electrons. The van der Waals surface area contributed by atoms with Crippen molar-refractivity contribution in [2.45, 2.75) is 31.9 Å². The van der Waals surface area contributed by atoms with Crippen LogP contribution < -0.4 is 5.32 Å². The lowest BCUT2D eigenvalue weighted by Gasteiger charge is -2.13. The normalized spacial score (nSPS) is 23.4. The molecule has 60 valence electrons. The number of alkyl halides is 1. The largest absolute Gasteiger partial charge is 0.317 e. The molecule has 1 aliphatic carbocycles. The molecule has 0 unspecified atom stereocenters. The van der Waals surface area contributed by atoms with Gasteiger partial charge in [0.15, 0.2) is 0 Å². The van der Waals surface area contributed by atoms with Gasteiger partial charge in [0, 0.05) is 6.54 Å². The maximum atomic E-state index is 13.0. The van der Waals surface area contributed by atoms with Crippen LogP contribution in [-0.4, -0.2) is 19.8 Å². The Hall–Kier alpha value is -0.110. The van der Waals surface area contributed by atoms with Crippen LogP contribution in [0.2, 0.25) is 0 Å². The lowest BCUT2D eigenvalue weighted by Crippen LogP contribution is -2.25. The van der Waals surface area contributed by atoms with Gasteiger partial charge in [-0.25, -0.2) is 4.39 Å². The minimum atomic E-state index is -0.604. The van der Waals surface area contributed by atoms with Crippen molar-refractivity contribution in [1.29, 1.82) is 0 Å². The zero-order chi connectivity index (χ0) is 7.40. The standard InChI is InChI=1S/C8H16FN/c1-10-6-8(9)7-4-2-3-5-7/h7-8,10H,2-6H2,1H3/t8-/m0/s1. The van der Waals surface area contributed by atoms with Gasteiger partial charge in [0.05, 0.1) is 0 Å². The number of nitrogens with one attached hydrogen (secondary N) is 1. The Labute approximate surface area is 62.0 Å². The molecular weight excluding hydrogens is 129 g/mol. The summed E-state index contributed by atoms with van der Waals surface area (Å²) >= 11 is 0. The van der Waals surface area contributed by atoms with Gasteiger partial charge in [0.25, 0.3) is 0 Å². The van der Waals surface area contributed by atoms with E-state index in [9.17, 15) is 4.39 Å². The number of halogens is 1. The van der Waals surface area contributed by atoms with Gasteiger partial charge >= 0.3 is 0 Å². The van der Waals surface area contributed by atoms with Crippen LogP contribution in [-0.2, 0) is 0 Å². The molecule has 1 saturated carbocycles. The van der Waals surface area contributed by atoms with Gasteiger partial charge < -0.3 is 5.32 Å². The highest BCUT2D eigenvalue weighted by Crippen LogP contribution is 2.28. The molecule has 0 spiro atoms. The van der Waals surface area contributed by atoms with Crippen molar-refractivity contribution >= 4 is 0 Å². The lowest BCUT2D eigenvalue weighted by molar-refractivity contribution is 0.227. The van der Waals surface area contributed by atoms with Gasteiger partial charge in [-0.2, -0.15) is 0 Å². The second-order valence-corrected chi connectivity index (χ2v) is 3.12. The minimum Gasteiger partial charge on any atom is -0.317 e. The fourth-order valence-electron chi connectivity index (χ4n) is 1.68. The van der Waals surface area contributed by atoms with Crippen molar-refractivity contribution in [3.05, 3.63) is 0 Å². The first-order valence-electron chi connectivity index (χ1n) is 4.13. The average Bonchev–Trinajstić information content (AvgIpc) is 2.38. The highest BCUT2D eigenvalue weighted by molar-refractivity contribution is 4.75. The summed E-state index contributed by atoms with van der Waals surface area (Å²) in [6, 6.07) is 0. The monoisotopic (exact) mass is 145 g/mol. The first-order chi connectivity index (χ1) is 4.84. The van der Waals surface area contributed by atoms with Gasteiger partial charge in [-0.3, -0.25) is 0 Å². The van der Waals surface area contributed by atoms with E-state index in [4.69, 9.17) is 0 Å². The van der Waals surface area contributed by atoms with Crippen LogP contribution in [0, 0.1) is 5.92 Å². The quantitative estimate of drug-likeness (QED) is 0.637. The van der Waals surface area contributed by atoms with Gasteiger partial charge in [-0.05, 0) is 25.8 Å². The summed E-state index contributed by atoms with van der Waals surface area (Å²) in [5, 5.41) is 2.87. The molecule has 0 aromatic heterocycles. The molecule has 1 nitrogen and oxygen atoms in total. The van der Waals surface area contributed by atoms with Gasteiger partial charge in [-0.1, -0.05) is 12.8 Å². The molecule has 1 fully saturated rings. The molecular formula is C8H16FN. The second kappa shape index (κ2) is 3.91. The van der Waals surface area contributed by atoms with Crippen molar-refractivity contribution < 1.29 is 4.39 Å². The molecule has 0 aliphatic heterocycles. The van der Waals surface area contributed by atoms with Crippen molar-refractivity contribution in [3.8, 4) is 0 Å². The Kier molecular flexibility index (Phi) is 3.13. The molecule has 1 aliphatic rings. The van der Waals surface area contributed by atoms with E-state index in [0.717, 1.165) is 12.8 Å². The number of hydrogen-bond acceptors (Lipinski definition) is 1. The predicted molar refractivity (Wildman–Crippen MR) is 40.8 cm³/mol. The molecule has 0 amide bonds. The third kappa shape index (κ3) is 1.94. The van der Waals surface area contributed by atoms with E-state index >= 15 is 0 Å². The summed E-state index contributed by atoms with van der Waals surface area (Å²) in [5.41, 5.74) is 0. The highest BCUT2D eigenvalue weighted by atomic mass is 19.1. The molecule has 2 heteroatoms. The first-order valence-corrected chi connectivity index (χ1v) is 4.13. The Morgan fingerprint density at radius 3 is 2.60 bits per heavy atom. The van der Waals surface area contributed by atoms with Crippen LogP contribution in [0.4, 0.5) is 4.39 Å². The van der Waals surface area contributed by atoms with Crippen LogP contribution in [0.5, 0.6) is 0 Å². The number of rotatable bonds is 3. The highest BCUT2D eigenvalue weighted by Gasteiger charge is 2.23. The SMILES string of the molecule is CNC[C@H](F)C1CCCC1. The summed E-state index contributed by atoms with van der Waals surface area (Å²) < 4.78 is 13.0. The third-order valence-corrected chi connectivity index (χ3v) is 2.31. The molecule has 1 rings (SSSR count). The van der Waals surface area contributed by atoms with E-state index in [1.54, 1.807) is 0 Å². The summed E-state index contributed by atoms with van der Waals surface area (Å²) in [5.74, 6) is 0.354. The van der Waals surface area contributed by atoms with Gasteiger partial charge in [-0.15, -0.1) is 0 Å². The van der Waals surface area contributed by atoms with Crippen LogP contribution in [0.1, 0.15) is 25.7 Å². The smallest absolute Gasteiger partial charge is 0.115 e. The molecule has 0 aromatic carbocycles. The van der Waals surface area contributed by atoms with E-state index in [-0.39, 0.29) is 0 Å². The summed E-state index contributed by atoms with van der Waals surface area (Å²) in [7, 11) is 1.81. The molecule has 0 bridgehead atoms. The van der Waals surface area contributed by atoms with E-state index in [2.05, 4.69) is 5.32 Å². The molecule has 0 heterocycles. The lowest BCUT2D eigenvalue weighted by atomic mass is 10.0. The zero-order valence-corrected chi connectivity index (χ0v) is 6.57. The summed E-state index contributed by atoms with van der Waals surface area (Å²) in [4.78, 5) is 0. The van der Waals surface area contributed by atoms with E-state index < -0.39 is 6.17 Å². The van der Waals surface area contributed by atoms with Crippen LogP contribution in [0.15, 0.2) is 0 Å². The topological polar surface area (TPSA) is 12.0 Å². The second-order valence-electron chi connectivity index (χ2n) is 3.12. The molecule has 1 N–H and O–H groups in total. The van der Waals surface area contributed by atoms with Gasteiger partial charge in [0.2, 0.25) is 0 Å². The summed E-state index contributed by atoms with van der Waals surface area (Å²) in [6.07, 6.45) is 4.06. The van der Waals surface area contributed by atoms with Crippen molar-refractivity contribution in [3.63, 3.8) is 0 Å². The molecule has 1 atom stereocenters. The van der Waals surface area contributed by atoms with Gasteiger partial charge in [0.1, 0.15) is 6.17 Å². The summed E-state index contributed by atoms with van der Waals surface area (Å²) in [6.45, 7) is 0.532. The molecule has 10 heavy (non-hydrogen) atoms. The minimum absolute atomic E-state index is 0.354. The Morgan fingerprint density at radius 2 is 2.10 bits per heavy atom. The fourth-order valence-corrected chi connectivity index (χ4v) is 1.68. The first kappa shape index (κ1) is 7.99. The number of hydrogen-bond donors (Lipinski definition) is 1. The van der Waals surface area contributed by atoms with Crippen molar-refractivity contribution in [2.24, 2.45) is 5.92 Å². The molecule has 0 aromatic rings. The van der Waals surface area contributed by atoms with Crippen molar-refractivity contribution in [1.82, 2.24) is 5.32 Å². The van der Waals surface area contributed by atoms with Crippen LogP contribution in [0.3, 0.4) is 0 Å².